The smallest absolute Gasteiger partial charge is 0.255 e. The standard InChI is InChI=1S/C14H16N2O3/c1-8(2)15-12(17)7-10-13(18)9-5-3-4-6-11(9)16-14(10)19/h3-6,8H,7H2,1-2H3,(H,15,17)(H2,16,18,19). The predicted molar refractivity (Wildman–Crippen MR) is 73.2 cm³/mol. The fourth-order valence-corrected chi connectivity index (χ4v) is 1.96. The van der Waals surface area contributed by atoms with Gasteiger partial charge in [-0.25, -0.2) is 0 Å². The van der Waals surface area contributed by atoms with Crippen LogP contribution in [0.15, 0.2) is 29.1 Å². The highest BCUT2D eigenvalue weighted by molar-refractivity contribution is 5.88. The first kappa shape index (κ1) is 13.1. The van der Waals surface area contributed by atoms with E-state index in [1.165, 1.54) is 0 Å². The van der Waals surface area contributed by atoms with Crippen LogP contribution >= 0.6 is 0 Å². The van der Waals surface area contributed by atoms with E-state index >= 15 is 0 Å². The fourth-order valence-electron chi connectivity index (χ4n) is 1.96. The summed E-state index contributed by atoms with van der Waals surface area (Å²) in [5, 5.41) is 13.3. The van der Waals surface area contributed by atoms with Crippen molar-refractivity contribution in [2.45, 2.75) is 26.3 Å². The number of fused-ring (bicyclic) bond motifs is 1. The van der Waals surface area contributed by atoms with Crippen molar-refractivity contribution in [3.05, 3.63) is 40.2 Å². The first-order chi connectivity index (χ1) is 8.99. The average Bonchev–Trinajstić information content (AvgIpc) is 2.33. The molecule has 0 aliphatic heterocycles. The maximum Gasteiger partial charge on any atom is 0.255 e. The van der Waals surface area contributed by atoms with E-state index in [4.69, 9.17) is 0 Å². The number of aromatic hydroxyl groups is 1. The number of aromatic nitrogens is 1. The van der Waals surface area contributed by atoms with Gasteiger partial charge in [0.1, 0.15) is 5.75 Å². The van der Waals surface area contributed by atoms with Crippen LogP contribution in [0.1, 0.15) is 19.4 Å². The molecule has 3 N–H and O–H groups in total. The van der Waals surface area contributed by atoms with Gasteiger partial charge in [0.2, 0.25) is 5.91 Å². The SMILES string of the molecule is CC(C)NC(=O)Cc1c(O)c2ccccc2[nH]c1=O. The number of hydrogen-bond acceptors (Lipinski definition) is 3. The lowest BCUT2D eigenvalue weighted by molar-refractivity contribution is -0.120. The number of para-hydroxylation sites is 1. The molecule has 5 heteroatoms. The van der Waals surface area contributed by atoms with Gasteiger partial charge in [-0.3, -0.25) is 9.59 Å². The summed E-state index contributed by atoms with van der Waals surface area (Å²) in [6, 6.07) is 6.93. The Balaban J connectivity index is 2.43. The van der Waals surface area contributed by atoms with E-state index in [1.807, 2.05) is 13.8 Å². The van der Waals surface area contributed by atoms with Gasteiger partial charge in [0, 0.05) is 11.4 Å². The summed E-state index contributed by atoms with van der Waals surface area (Å²) >= 11 is 0. The zero-order valence-electron chi connectivity index (χ0n) is 10.9. The molecule has 19 heavy (non-hydrogen) atoms. The van der Waals surface area contributed by atoms with E-state index < -0.39 is 5.56 Å². The highest BCUT2D eigenvalue weighted by Crippen LogP contribution is 2.24. The number of pyridine rings is 1. The van der Waals surface area contributed by atoms with Crippen molar-refractivity contribution in [3.63, 3.8) is 0 Å². The number of H-pyrrole nitrogens is 1. The highest BCUT2D eigenvalue weighted by Gasteiger charge is 2.15. The minimum absolute atomic E-state index is 0.00539. The van der Waals surface area contributed by atoms with Crippen molar-refractivity contribution in [1.29, 1.82) is 0 Å². The van der Waals surface area contributed by atoms with Crippen molar-refractivity contribution in [2.75, 3.05) is 0 Å². The van der Waals surface area contributed by atoms with Gasteiger partial charge in [0.15, 0.2) is 0 Å². The van der Waals surface area contributed by atoms with Gasteiger partial charge >= 0.3 is 0 Å². The average molecular weight is 260 g/mol. The largest absolute Gasteiger partial charge is 0.507 e. The molecule has 0 fully saturated rings. The summed E-state index contributed by atoms with van der Waals surface area (Å²) in [6.07, 6.45) is -0.135. The molecule has 1 heterocycles. The molecule has 0 radical (unpaired) electrons. The van der Waals surface area contributed by atoms with Gasteiger partial charge in [0.05, 0.1) is 17.5 Å². The number of rotatable bonds is 3. The summed E-state index contributed by atoms with van der Waals surface area (Å²) in [5.41, 5.74) is 0.213. The number of benzene rings is 1. The van der Waals surface area contributed by atoms with Crippen LogP contribution in [0, 0.1) is 0 Å². The van der Waals surface area contributed by atoms with E-state index in [0.717, 1.165) is 0 Å². The fraction of sp³-hybridized carbons (Fsp3) is 0.286. The molecule has 100 valence electrons. The second-order valence-corrected chi connectivity index (χ2v) is 4.73. The molecule has 1 amide bonds. The van der Waals surface area contributed by atoms with Crippen molar-refractivity contribution in [2.24, 2.45) is 0 Å². The predicted octanol–water partition coefficient (Wildman–Crippen LogP) is 1.30. The van der Waals surface area contributed by atoms with Gasteiger partial charge in [-0.2, -0.15) is 0 Å². The van der Waals surface area contributed by atoms with Crippen molar-refractivity contribution < 1.29 is 9.90 Å². The Labute approximate surface area is 110 Å². The molecule has 0 bridgehead atoms. The molecule has 0 saturated carbocycles. The van der Waals surface area contributed by atoms with Crippen LogP contribution in [-0.2, 0) is 11.2 Å². The third-order valence-corrected chi connectivity index (χ3v) is 2.78. The summed E-state index contributed by atoms with van der Waals surface area (Å²) in [7, 11) is 0. The molecular formula is C14H16N2O3. The summed E-state index contributed by atoms with van der Waals surface area (Å²) in [6.45, 7) is 3.67. The Kier molecular flexibility index (Phi) is 3.55. The van der Waals surface area contributed by atoms with Crippen molar-refractivity contribution in [3.8, 4) is 5.75 Å². The molecule has 5 nitrogen and oxygen atoms in total. The molecule has 1 aromatic heterocycles. The molecule has 2 aromatic rings. The third kappa shape index (κ3) is 2.76. The number of amides is 1. The Morgan fingerprint density at radius 1 is 1.37 bits per heavy atom. The number of carbonyl (C=O) groups excluding carboxylic acids is 1. The summed E-state index contributed by atoms with van der Waals surface area (Å²) < 4.78 is 0. The van der Waals surface area contributed by atoms with Crippen LogP contribution in [0.5, 0.6) is 5.75 Å². The quantitative estimate of drug-likeness (QED) is 0.778. The zero-order valence-corrected chi connectivity index (χ0v) is 10.9. The second-order valence-electron chi connectivity index (χ2n) is 4.73. The van der Waals surface area contributed by atoms with Gasteiger partial charge in [-0.05, 0) is 26.0 Å². The highest BCUT2D eigenvalue weighted by atomic mass is 16.3. The lowest BCUT2D eigenvalue weighted by Gasteiger charge is -2.10. The van der Waals surface area contributed by atoms with E-state index in [0.29, 0.717) is 10.9 Å². The van der Waals surface area contributed by atoms with E-state index in [2.05, 4.69) is 10.3 Å². The van der Waals surface area contributed by atoms with Crippen molar-refractivity contribution >= 4 is 16.8 Å². The molecule has 1 aromatic carbocycles. The number of carbonyl (C=O) groups is 1. The molecule has 0 atom stereocenters. The zero-order chi connectivity index (χ0) is 14.0. The Hall–Kier alpha value is -2.30. The minimum atomic E-state index is -0.435. The van der Waals surface area contributed by atoms with Gasteiger partial charge in [-0.1, -0.05) is 12.1 Å². The first-order valence-corrected chi connectivity index (χ1v) is 6.11. The van der Waals surface area contributed by atoms with Crippen molar-refractivity contribution in [1.82, 2.24) is 10.3 Å². The number of hydrogen-bond donors (Lipinski definition) is 3. The van der Waals surface area contributed by atoms with Crippen LogP contribution in [0.25, 0.3) is 10.9 Å². The maximum absolute atomic E-state index is 11.9. The first-order valence-electron chi connectivity index (χ1n) is 6.11. The Morgan fingerprint density at radius 3 is 2.74 bits per heavy atom. The van der Waals surface area contributed by atoms with Crippen LogP contribution in [-0.4, -0.2) is 22.0 Å². The number of aromatic amines is 1. The maximum atomic E-state index is 11.9. The summed E-state index contributed by atoms with van der Waals surface area (Å²) in [4.78, 5) is 26.2. The lowest BCUT2D eigenvalue weighted by atomic mass is 10.1. The van der Waals surface area contributed by atoms with Crippen LogP contribution in [0.4, 0.5) is 0 Å². The molecule has 0 spiro atoms. The van der Waals surface area contributed by atoms with E-state index in [1.54, 1.807) is 24.3 Å². The van der Waals surface area contributed by atoms with Gasteiger partial charge in [-0.15, -0.1) is 0 Å². The van der Waals surface area contributed by atoms with E-state index in [-0.39, 0.29) is 29.7 Å². The third-order valence-electron chi connectivity index (χ3n) is 2.78. The monoisotopic (exact) mass is 260 g/mol. The van der Waals surface area contributed by atoms with Crippen LogP contribution in [0.2, 0.25) is 0 Å². The molecule has 0 aliphatic carbocycles. The molecule has 0 unspecified atom stereocenters. The normalized spacial score (nSPS) is 10.9. The van der Waals surface area contributed by atoms with E-state index in [9.17, 15) is 14.7 Å². The topological polar surface area (TPSA) is 82.2 Å². The molecule has 0 saturated heterocycles. The number of nitrogens with one attached hydrogen (secondary N) is 2. The van der Waals surface area contributed by atoms with Crippen LogP contribution in [0.3, 0.4) is 0 Å². The van der Waals surface area contributed by atoms with Gasteiger partial charge < -0.3 is 15.4 Å². The second kappa shape index (κ2) is 5.14. The Bertz CT molecular complexity index is 674. The van der Waals surface area contributed by atoms with Gasteiger partial charge in [0.25, 0.3) is 5.56 Å². The minimum Gasteiger partial charge on any atom is -0.507 e. The molecule has 0 aliphatic rings. The van der Waals surface area contributed by atoms with Crippen LogP contribution < -0.4 is 10.9 Å². The molecule has 2 rings (SSSR count). The molecular weight excluding hydrogens is 244 g/mol. The Morgan fingerprint density at radius 2 is 2.05 bits per heavy atom. The lowest BCUT2D eigenvalue weighted by Crippen LogP contribution is -2.33. The summed E-state index contributed by atoms with van der Waals surface area (Å²) in [5.74, 6) is -0.413.